The molecule has 1 aromatic rings. The molecule has 0 aromatic heterocycles. The fraction of sp³-hybridized carbons (Fsp3) is 0.650. The molecule has 0 spiro atoms. The standard InChI is InChI=1S/C20H33N3O2/c1-4-23(5-2)19(24)22-18-11-9-17(10-12-18)16(3)21-15-20(25)13-7-6-8-14-20/h9-12,16,21,25H,4-8,13-15H2,1-3H3,(H,22,24). The zero-order chi connectivity index (χ0) is 18.3. The molecular formula is C20H33N3O2. The number of rotatable bonds is 7. The Morgan fingerprint density at radius 3 is 2.32 bits per heavy atom. The van der Waals surface area contributed by atoms with Crippen molar-refractivity contribution in [1.82, 2.24) is 10.2 Å². The van der Waals surface area contributed by atoms with Gasteiger partial charge in [-0.1, -0.05) is 31.4 Å². The van der Waals surface area contributed by atoms with Gasteiger partial charge in [-0.3, -0.25) is 0 Å². The van der Waals surface area contributed by atoms with Crippen LogP contribution in [0.4, 0.5) is 10.5 Å². The first-order valence-electron chi connectivity index (χ1n) is 9.59. The molecule has 0 bridgehead atoms. The first-order chi connectivity index (χ1) is 12.0. The van der Waals surface area contributed by atoms with E-state index in [9.17, 15) is 9.90 Å². The summed E-state index contributed by atoms with van der Waals surface area (Å²) in [5, 5.41) is 17.0. The van der Waals surface area contributed by atoms with E-state index in [0.717, 1.165) is 36.9 Å². The maximum Gasteiger partial charge on any atom is 0.321 e. The third-order valence-corrected chi connectivity index (χ3v) is 5.23. The van der Waals surface area contributed by atoms with Gasteiger partial charge in [0.15, 0.2) is 0 Å². The van der Waals surface area contributed by atoms with Crippen LogP contribution in [0.25, 0.3) is 0 Å². The summed E-state index contributed by atoms with van der Waals surface area (Å²) in [7, 11) is 0. The van der Waals surface area contributed by atoms with Crippen molar-refractivity contribution in [3.63, 3.8) is 0 Å². The Morgan fingerprint density at radius 2 is 1.76 bits per heavy atom. The molecule has 1 atom stereocenters. The molecule has 25 heavy (non-hydrogen) atoms. The SMILES string of the molecule is CCN(CC)C(=O)Nc1ccc(C(C)NCC2(O)CCCCC2)cc1. The van der Waals surface area contributed by atoms with Crippen LogP contribution in [0.5, 0.6) is 0 Å². The van der Waals surface area contributed by atoms with Crippen LogP contribution < -0.4 is 10.6 Å². The number of carbonyl (C=O) groups excluding carboxylic acids is 1. The minimum Gasteiger partial charge on any atom is -0.389 e. The summed E-state index contributed by atoms with van der Waals surface area (Å²) in [6.07, 6.45) is 5.26. The summed E-state index contributed by atoms with van der Waals surface area (Å²) in [5.74, 6) is 0. The van der Waals surface area contributed by atoms with Crippen molar-refractivity contribution in [3.05, 3.63) is 29.8 Å². The van der Waals surface area contributed by atoms with Crippen LogP contribution in [0, 0.1) is 0 Å². The number of nitrogens with one attached hydrogen (secondary N) is 2. The molecular weight excluding hydrogens is 314 g/mol. The smallest absolute Gasteiger partial charge is 0.321 e. The Morgan fingerprint density at radius 1 is 1.16 bits per heavy atom. The van der Waals surface area contributed by atoms with E-state index in [1.54, 1.807) is 4.90 Å². The Hall–Kier alpha value is -1.59. The average molecular weight is 348 g/mol. The van der Waals surface area contributed by atoms with E-state index in [0.29, 0.717) is 19.6 Å². The van der Waals surface area contributed by atoms with Gasteiger partial charge in [-0.2, -0.15) is 0 Å². The molecule has 0 heterocycles. The highest BCUT2D eigenvalue weighted by Crippen LogP contribution is 2.28. The fourth-order valence-electron chi connectivity index (χ4n) is 3.42. The number of aliphatic hydroxyl groups is 1. The largest absolute Gasteiger partial charge is 0.389 e. The van der Waals surface area contributed by atoms with Crippen molar-refractivity contribution in [3.8, 4) is 0 Å². The van der Waals surface area contributed by atoms with Gasteiger partial charge in [0, 0.05) is 31.4 Å². The molecule has 1 saturated carbocycles. The maximum atomic E-state index is 12.1. The number of benzene rings is 1. The first-order valence-corrected chi connectivity index (χ1v) is 9.59. The van der Waals surface area contributed by atoms with E-state index in [1.165, 1.54) is 6.42 Å². The van der Waals surface area contributed by atoms with Gasteiger partial charge in [-0.15, -0.1) is 0 Å². The van der Waals surface area contributed by atoms with Crippen molar-refractivity contribution in [1.29, 1.82) is 0 Å². The lowest BCUT2D eigenvalue weighted by Gasteiger charge is -2.33. The summed E-state index contributed by atoms with van der Waals surface area (Å²) in [6, 6.07) is 8.02. The van der Waals surface area contributed by atoms with Gasteiger partial charge in [0.25, 0.3) is 0 Å². The van der Waals surface area contributed by atoms with E-state index >= 15 is 0 Å². The van der Waals surface area contributed by atoms with Gasteiger partial charge >= 0.3 is 6.03 Å². The molecule has 2 amide bonds. The topological polar surface area (TPSA) is 64.6 Å². The molecule has 0 aliphatic heterocycles. The second-order valence-corrected chi connectivity index (χ2v) is 7.11. The predicted molar refractivity (Wildman–Crippen MR) is 103 cm³/mol. The number of hydrogen-bond acceptors (Lipinski definition) is 3. The van der Waals surface area contributed by atoms with Crippen LogP contribution in [0.2, 0.25) is 0 Å². The number of anilines is 1. The fourth-order valence-corrected chi connectivity index (χ4v) is 3.42. The normalized spacial score (nSPS) is 17.8. The van der Waals surface area contributed by atoms with Crippen molar-refractivity contribution < 1.29 is 9.90 Å². The summed E-state index contributed by atoms with van der Waals surface area (Å²) in [4.78, 5) is 13.8. The predicted octanol–water partition coefficient (Wildman–Crippen LogP) is 3.91. The van der Waals surface area contributed by atoms with Gasteiger partial charge in [0.05, 0.1) is 5.60 Å². The summed E-state index contributed by atoms with van der Waals surface area (Å²) in [6.45, 7) is 8.08. The number of amides is 2. The zero-order valence-electron chi connectivity index (χ0n) is 15.8. The van der Waals surface area contributed by atoms with Gasteiger partial charge in [-0.25, -0.2) is 4.79 Å². The van der Waals surface area contributed by atoms with E-state index in [2.05, 4.69) is 17.6 Å². The molecule has 5 heteroatoms. The summed E-state index contributed by atoms with van der Waals surface area (Å²) >= 11 is 0. The minimum absolute atomic E-state index is 0.0663. The van der Waals surface area contributed by atoms with Crippen LogP contribution in [-0.2, 0) is 0 Å². The lowest BCUT2D eigenvalue weighted by Crippen LogP contribution is -2.42. The molecule has 1 fully saturated rings. The highest BCUT2D eigenvalue weighted by Gasteiger charge is 2.29. The number of hydrogen-bond donors (Lipinski definition) is 3. The van der Waals surface area contributed by atoms with E-state index in [-0.39, 0.29) is 12.1 Å². The van der Waals surface area contributed by atoms with Crippen LogP contribution in [0.15, 0.2) is 24.3 Å². The molecule has 1 unspecified atom stereocenters. The first kappa shape index (κ1) is 19.7. The second-order valence-electron chi connectivity index (χ2n) is 7.11. The summed E-state index contributed by atoms with van der Waals surface area (Å²) < 4.78 is 0. The monoisotopic (exact) mass is 347 g/mol. The van der Waals surface area contributed by atoms with E-state index < -0.39 is 5.60 Å². The Kier molecular flexibility index (Phi) is 7.26. The third kappa shape index (κ3) is 5.72. The highest BCUT2D eigenvalue weighted by molar-refractivity contribution is 5.89. The van der Waals surface area contributed by atoms with E-state index in [4.69, 9.17) is 0 Å². The molecule has 1 aromatic carbocycles. The highest BCUT2D eigenvalue weighted by atomic mass is 16.3. The van der Waals surface area contributed by atoms with E-state index in [1.807, 2.05) is 38.1 Å². The molecule has 1 aliphatic carbocycles. The Bertz CT molecular complexity index is 534. The lowest BCUT2D eigenvalue weighted by atomic mass is 9.84. The molecule has 1 aliphatic rings. The molecule has 2 rings (SSSR count). The average Bonchev–Trinajstić information content (AvgIpc) is 2.62. The molecule has 3 N–H and O–H groups in total. The van der Waals surface area contributed by atoms with Crippen LogP contribution >= 0.6 is 0 Å². The van der Waals surface area contributed by atoms with Crippen molar-refractivity contribution >= 4 is 11.7 Å². The molecule has 5 nitrogen and oxygen atoms in total. The zero-order valence-corrected chi connectivity index (χ0v) is 15.8. The van der Waals surface area contributed by atoms with Gasteiger partial charge in [0.2, 0.25) is 0 Å². The Labute approximate surface area is 151 Å². The lowest BCUT2D eigenvalue weighted by molar-refractivity contribution is 0.00300. The maximum absolute atomic E-state index is 12.1. The number of urea groups is 1. The Balaban J connectivity index is 1.87. The third-order valence-electron chi connectivity index (χ3n) is 5.23. The quantitative estimate of drug-likeness (QED) is 0.701. The molecule has 0 saturated heterocycles. The van der Waals surface area contributed by atoms with Crippen LogP contribution in [-0.4, -0.2) is 41.3 Å². The van der Waals surface area contributed by atoms with Gasteiger partial charge in [-0.05, 0) is 51.3 Å². The molecule has 0 radical (unpaired) electrons. The summed E-state index contributed by atoms with van der Waals surface area (Å²) in [5.41, 5.74) is 1.41. The van der Waals surface area contributed by atoms with Crippen molar-refractivity contribution in [2.75, 3.05) is 25.0 Å². The number of nitrogens with zero attached hydrogens (tertiary/aromatic N) is 1. The van der Waals surface area contributed by atoms with Crippen molar-refractivity contribution in [2.45, 2.75) is 64.5 Å². The second kappa shape index (κ2) is 9.20. The van der Waals surface area contributed by atoms with Crippen LogP contribution in [0.1, 0.15) is 64.5 Å². The minimum atomic E-state index is -0.551. The van der Waals surface area contributed by atoms with Gasteiger partial charge < -0.3 is 20.6 Å². The van der Waals surface area contributed by atoms with Crippen molar-refractivity contribution in [2.24, 2.45) is 0 Å². The number of carbonyl (C=O) groups is 1. The molecule has 140 valence electrons. The van der Waals surface area contributed by atoms with Crippen LogP contribution in [0.3, 0.4) is 0 Å². The van der Waals surface area contributed by atoms with Gasteiger partial charge in [0.1, 0.15) is 0 Å².